The summed E-state index contributed by atoms with van der Waals surface area (Å²) in [6.45, 7) is 4.35. The largest absolute Gasteiger partial charge is 0.361 e. The second kappa shape index (κ2) is 5.40. The SMILES string of the molecule is CCCc1cc([C@H]2CCCN2S(=O)(=O)CC)no1. The van der Waals surface area contributed by atoms with Crippen LogP contribution in [-0.4, -0.2) is 30.2 Å². The molecular formula is C12H20N2O3S. The molecule has 1 aliphatic heterocycles. The van der Waals surface area contributed by atoms with Gasteiger partial charge >= 0.3 is 0 Å². The summed E-state index contributed by atoms with van der Waals surface area (Å²) in [4.78, 5) is 0. The van der Waals surface area contributed by atoms with Crippen LogP contribution < -0.4 is 0 Å². The summed E-state index contributed by atoms with van der Waals surface area (Å²) >= 11 is 0. The average Bonchev–Trinajstić information content (AvgIpc) is 2.96. The van der Waals surface area contributed by atoms with Crippen LogP contribution in [0.5, 0.6) is 0 Å². The third kappa shape index (κ3) is 2.59. The van der Waals surface area contributed by atoms with E-state index in [1.165, 1.54) is 0 Å². The Kier molecular flexibility index (Phi) is 4.07. The molecule has 0 unspecified atom stereocenters. The lowest BCUT2D eigenvalue weighted by molar-refractivity contribution is 0.344. The fourth-order valence-corrected chi connectivity index (χ4v) is 3.72. The number of sulfonamides is 1. The molecule has 1 fully saturated rings. The van der Waals surface area contributed by atoms with Gasteiger partial charge in [-0.05, 0) is 26.2 Å². The maximum absolute atomic E-state index is 12.0. The molecule has 102 valence electrons. The van der Waals surface area contributed by atoms with E-state index in [0.29, 0.717) is 6.54 Å². The van der Waals surface area contributed by atoms with Crippen LogP contribution in [0.3, 0.4) is 0 Å². The van der Waals surface area contributed by atoms with Crippen molar-refractivity contribution in [3.63, 3.8) is 0 Å². The van der Waals surface area contributed by atoms with Gasteiger partial charge in [0.2, 0.25) is 10.0 Å². The Morgan fingerprint density at radius 3 is 2.94 bits per heavy atom. The molecule has 0 aliphatic carbocycles. The quantitative estimate of drug-likeness (QED) is 0.823. The predicted molar refractivity (Wildman–Crippen MR) is 68.6 cm³/mol. The van der Waals surface area contributed by atoms with E-state index in [9.17, 15) is 8.42 Å². The summed E-state index contributed by atoms with van der Waals surface area (Å²) in [5.41, 5.74) is 0.757. The molecule has 1 aromatic rings. The second-order valence-corrected chi connectivity index (χ2v) is 6.85. The van der Waals surface area contributed by atoms with Crippen LogP contribution in [0.25, 0.3) is 0 Å². The van der Waals surface area contributed by atoms with E-state index in [1.807, 2.05) is 6.07 Å². The van der Waals surface area contributed by atoms with Gasteiger partial charge in [-0.1, -0.05) is 12.1 Å². The van der Waals surface area contributed by atoms with Gasteiger partial charge in [-0.2, -0.15) is 4.31 Å². The second-order valence-electron chi connectivity index (χ2n) is 4.64. The van der Waals surface area contributed by atoms with Gasteiger partial charge in [0.1, 0.15) is 11.5 Å². The van der Waals surface area contributed by atoms with Gasteiger partial charge in [0, 0.05) is 19.0 Å². The number of hydrogen-bond donors (Lipinski definition) is 0. The van der Waals surface area contributed by atoms with Crippen molar-refractivity contribution in [3.05, 3.63) is 17.5 Å². The number of aryl methyl sites for hydroxylation is 1. The van der Waals surface area contributed by atoms with Gasteiger partial charge in [0.15, 0.2) is 0 Å². The van der Waals surface area contributed by atoms with Gasteiger partial charge in [-0.15, -0.1) is 0 Å². The fraction of sp³-hybridized carbons (Fsp3) is 0.750. The van der Waals surface area contributed by atoms with Crippen LogP contribution in [0.4, 0.5) is 0 Å². The monoisotopic (exact) mass is 272 g/mol. The van der Waals surface area contributed by atoms with Crippen LogP contribution in [0, 0.1) is 0 Å². The molecule has 2 heterocycles. The Morgan fingerprint density at radius 1 is 1.50 bits per heavy atom. The van der Waals surface area contributed by atoms with Gasteiger partial charge < -0.3 is 4.52 Å². The summed E-state index contributed by atoms with van der Waals surface area (Å²) < 4.78 is 30.8. The Labute approximate surface area is 108 Å². The normalized spacial score (nSPS) is 21.6. The molecule has 0 aromatic carbocycles. The smallest absolute Gasteiger partial charge is 0.214 e. The molecule has 6 heteroatoms. The highest BCUT2D eigenvalue weighted by Crippen LogP contribution is 2.34. The minimum atomic E-state index is -3.15. The number of aromatic nitrogens is 1. The lowest BCUT2D eigenvalue weighted by atomic mass is 10.1. The zero-order valence-corrected chi connectivity index (χ0v) is 11.7. The lowest BCUT2D eigenvalue weighted by Gasteiger charge is -2.21. The highest BCUT2D eigenvalue weighted by molar-refractivity contribution is 7.89. The van der Waals surface area contributed by atoms with Crippen LogP contribution in [0.2, 0.25) is 0 Å². The fourth-order valence-electron chi connectivity index (χ4n) is 2.38. The molecule has 1 saturated heterocycles. The molecule has 18 heavy (non-hydrogen) atoms. The van der Waals surface area contributed by atoms with Gasteiger partial charge in [0.05, 0.1) is 11.8 Å². The maximum Gasteiger partial charge on any atom is 0.214 e. The van der Waals surface area contributed by atoms with Crippen molar-refractivity contribution in [1.29, 1.82) is 0 Å². The molecule has 1 aliphatic rings. The van der Waals surface area contributed by atoms with E-state index in [1.54, 1.807) is 11.2 Å². The van der Waals surface area contributed by atoms with Crippen molar-refractivity contribution >= 4 is 10.0 Å². The molecule has 0 saturated carbocycles. The zero-order valence-electron chi connectivity index (χ0n) is 10.9. The average molecular weight is 272 g/mol. The van der Waals surface area contributed by atoms with E-state index in [2.05, 4.69) is 12.1 Å². The summed E-state index contributed by atoms with van der Waals surface area (Å²) in [5.74, 6) is 0.983. The number of rotatable bonds is 5. The third-order valence-electron chi connectivity index (χ3n) is 3.34. The van der Waals surface area contributed by atoms with Gasteiger partial charge in [0.25, 0.3) is 0 Å². The molecule has 0 N–H and O–H groups in total. The van der Waals surface area contributed by atoms with Crippen LogP contribution in [0.15, 0.2) is 10.6 Å². The lowest BCUT2D eigenvalue weighted by Crippen LogP contribution is -2.32. The van der Waals surface area contributed by atoms with Crippen LogP contribution in [-0.2, 0) is 16.4 Å². The molecule has 0 radical (unpaired) electrons. The highest BCUT2D eigenvalue weighted by Gasteiger charge is 2.35. The van der Waals surface area contributed by atoms with Crippen LogP contribution >= 0.6 is 0 Å². The molecule has 0 spiro atoms. The predicted octanol–water partition coefficient (Wildman–Crippen LogP) is 2.11. The molecule has 1 atom stereocenters. The van der Waals surface area contributed by atoms with Crippen molar-refractivity contribution in [2.75, 3.05) is 12.3 Å². The molecule has 1 aromatic heterocycles. The van der Waals surface area contributed by atoms with E-state index in [-0.39, 0.29) is 11.8 Å². The molecule has 5 nitrogen and oxygen atoms in total. The van der Waals surface area contributed by atoms with E-state index < -0.39 is 10.0 Å². The summed E-state index contributed by atoms with van der Waals surface area (Å²) in [5, 5.41) is 4.03. The van der Waals surface area contributed by atoms with E-state index in [4.69, 9.17) is 4.52 Å². The number of hydrogen-bond acceptors (Lipinski definition) is 4. The Bertz CT molecular complexity index is 495. The minimum Gasteiger partial charge on any atom is -0.361 e. The topological polar surface area (TPSA) is 63.4 Å². The highest BCUT2D eigenvalue weighted by atomic mass is 32.2. The maximum atomic E-state index is 12.0. The summed E-state index contributed by atoms with van der Waals surface area (Å²) in [6, 6.07) is 1.77. The van der Waals surface area contributed by atoms with Crippen molar-refractivity contribution < 1.29 is 12.9 Å². The Morgan fingerprint density at radius 2 is 2.28 bits per heavy atom. The minimum absolute atomic E-state index is 0.135. The van der Waals surface area contributed by atoms with Crippen molar-refractivity contribution in [2.45, 2.75) is 45.6 Å². The first-order chi connectivity index (χ1) is 8.58. The molecule has 0 amide bonds. The van der Waals surface area contributed by atoms with Crippen molar-refractivity contribution in [1.82, 2.24) is 9.46 Å². The van der Waals surface area contributed by atoms with Crippen molar-refractivity contribution in [3.8, 4) is 0 Å². The van der Waals surface area contributed by atoms with Gasteiger partial charge in [-0.3, -0.25) is 0 Å². The zero-order chi connectivity index (χ0) is 13.2. The first-order valence-corrected chi connectivity index (χ1v) is 8.14. The Balaban J connectivity index is 2.20. The van der Waals surface area contributed by atoms with E-state index in [0.717, 1.165) is 37.1 Å². The summed E-state index contributed by atoms with van der Waals surface area (Å²) in [6.07, 6.45) is 3.56. The van der Waals surface area contributed by atoms with Gasteiger partial charge in [-0.25, -0.2) is 8.42 Å². The molecule has 2 rings (SSSR count). The van der Waals surface area contributed by atoms with E-state index >= 15 is 0 Å². The standard InChI is InChI=1S/C12H20N2O3S/c1-3-6-10-9-11(13-17-10)12-7-5-8-14(12)18(15,16)4-2/h9,12H,3-8H2,1-2H3/t12-/m1/s1. The molecular weight excluding hydrogens is 252 g/mol. The number of nitrogens with zero attached hydrogens (tertiary/aromatic N) is 2. The molecule has 0 bridgehead atoms. The first-order valence-electron chi connectivity index (χ1n) is 6.53. The first kappa shape index (κ1) is 13.5. The Hall–Kier alpha value is -0.880. The van der Waals surface area contributed by atoms with Crippen molar-refractivity contribution in [2.24, 2.45) is 0 Å². The summed E-state index contributed by atoms with van der Waals surface area (Å²) in [7, 11) is -3.15. The third-order valence-corrected chi connectivity index (χ3v) is 5.22. The van der Waals surface area contributed by atoms with Crippen LogP contribution in [0.1, 0.15) is 50.6 Å².